The summed E-state index contributed by atoms with van der Waals surface area (Å²) in [6.07, 6.45) is 0. The zero-order valence-electron chi connectivity index (χ0n) is 11.9. The van der Waals surface area contributed by atoms with Crippen LogP contribution in [0.25, 0.3) is 0 Å². The van der Waals surface area contributed by atoms with Crippen LogP contribution in [0.5, 0.6) is 0 Å². The van der Waals surface area contributed by atoms with Crippen molar-refractivity contribution < 1.29 is 4.79 Å². The molecule has 112 valence electrons. The summed E-state index contributed by atoms with van der Waals surface area (Å²) in [5.41, 5.74) is 3.37. The number of rotatable bonds is 5. The lowest BCUT2D eigenvalue weighted by atomic mass is 9.91. The van der Waals surface area contributed by atoms with Crippen molar-refractivity contribution in [2.45, 2.75) is 19.3 Å². The molecule has 0 saturated heterocycles. The van der Waals surface area contributed by atoms with Gasteiger partial charge in [0.2, 0.25) is 0 Å². The Hall–Kier alpha value is -1.56. The molecule has 2 rings (SSSR count). The molecule has 21 heavy (non-hydrogen) atoms. The van der Waals surface area contributed by atoms with Crippen LogP contribution in [0.2, 0.25) is 5.02 Å². The van der Waals surface area contributed by atoms with Gasteiger partial charge in [0.15, 0.2) is 0 Å². The maximum atomic E-state index is 12.3. The van der Waals surface area contributed by atoms with Crippen LogP contribution in [0.1, 0.15) is 29.1 Å². The number of carbonyl (C=O) groups excluding carboxylic acids is 1. The first kappa shape index (κ1) is 15.8. The van der Waals surface area contributed by atoms with Crippen molar-refractivity contribution in [3.05, 3.63) is 51.2 Å². The van der Waals surface area contributed by atoms with Crippen molar-refractivity contribution >= 4 is 34.5 Å². The number of hydrogen-bond acceptors (Lipinski definition) is 4. The van der Waals surface area contributed by atoms with Crippen molar-refractivity contribution in [1.29, 1.82) is 0 Å². The molecule has 0 atom stereocenters. The summed E-state index contributed by atoms with van der Waals surface area (Å²) in [7, 11) is 0. The van der Waals surface area contributed by atoms with Gasteiger partial charge >= 0.3 is 0 Å². The van der Waals surface area contributed by atoms with Gasteiger partial charge in [0.25, 0.3) is 5.91 Å². The molecule has 0 aliphatic heterocycles. The molecule has 0 aliphatic carbocycles. The fourth-order valence-electron chi connectivity index (χ4n) is 1.98. The Labute approximate surface area is 133 Å². The molecule has 2 aromatic rings. The molecule has 0 aliphatic rings. The number of hydrazine groups is 1. The van der Waals surface area contributed by atoms with Crippen LogP contribution in [0.3, 0.4) is 0 Å². The third-order valence-electron chi connectivity index (χ3n) is 3.26. The Morgan fingerprint density at radius 3 is 2.76 bits per heavy atom. The van der Waals surface area contributed by atoms with E-state index >= 15 is 0 Å². The number of carbonyl (C=O) groups is 1. The fraction of sp³-hybridized carbons (Fsp3) is 0.267. The topological polar surface area (TPSA) is 67.2 Å². The highest BCUT2D eigenvalue weighted by molar-refractivity contribution is 7.10. The highest BCUT2D eigenvalue weighted by Crippen LogP contribution is 2.27. The number of nitrogens with one attached hydrogen (secondary N) is 2. The predicted molar refractivity (Wildman–Crippen MR) is 88.9 cm³/mol. The third kappa shape index (κ3) is 3.75. The van der Waals surface area contributed by atoms with Gasteiger partial charge in [-0.3, -0.25) is 10.6 Å². The standard InChI is InChI=1S/C15H18ClN3OS/c1-15(2,13-4-3-7-21-13)9-18-14(20)11-8-10(16)5-6-12(11)19-17/h3-8,19H,9,17H2,1-2H3,(H,18,20). The van der Waals surface area contributed by atoms with Crippen molar-refractivity contribution in [1.82, 2.24) is 5.32 Å². The minimum absolute atomic E-state index is 0.126. The normalized spacial score (nSPS) is 11.2. The van der Waals surface area contributed by atoms with Crippen molar-refractivity contribution in [3.8, 4) is 0 Å². The van der Waals surface area contributed by atoms with E-state index < -0.39 is 0 Å². The van der Waals surface area contributed by atoms with Gasteiger partial charge in [-0.05, 0) is 29.6 Å². The summed E-state index contributed by atoms with van der Waals surface area (Å²) in [5, 5.41) is 5.47. The molecular weight excluding hydrogens is 306 g/mol. The highest BCUT2D eigenvalue weighted by atomic mass is 35.5. The van der Waals surface area contributed by atoms with E-state index in [4.69, 9.17) is 17.4 Å². The van der Waals surface area contributed by atoms with Gasteiger partial charge in [0, 0.05) is 21.9 Å². The quantitative estimate of drug-likeness (QED) is 0.583. The van der Waals surface area contributed by atoms with E-state index in [1.54, 1.807) is 29.5 Å². The molecule has 4 N–H and O–H groups in total. The molecule has 0 saturated carbocycles. The number of thiophene rings is 1. The molecule has 0 bridgehead atoms. The number of nitrogen functional groups attached to an aromatic ring is 1. The third-order valence-corrected chi connectivity index (χ3v) is 4.73. The molecule has 0 radical (unpaired) electrons. The van der Waals surface area contributed by atoms with Gasteiger partial charge in [-0.2, -0.15) is 0 Å². The summed E-state index contributed by atoms with van der Waals surface area (Å²) in [6.45, 7) is 4.72. The smallest absolute Gasteiger partial charge is 0.253 e. The Morgan fingerprint density at radius 1 is 1.38 bits per heavy atom. The van der Waals surface area contributed by atoms with Crippen LogP contribution in [0, 0.1) is 0 Å². The molecule has 1 aromatic heterocycles. The van der Waals surface area contributed by atoms with E-state index in [0.717, 1.165) is 0 Å². The van der Waals surface area contributed by atoms with Crippen molar-refractivity contribution in [2.24, 2.45) is 5.84 Å². The van der Waals surface area contributed by atoms with Crippen LogP contribution in [0.15, 0.2) is 35.7 Å². The van der Waals surface area contributed by atoms with Crippen LogP contribution < -0.4 is 16.6 Å². The minimum Gasteiger partial charge on any atom is -0.351 e. The van der Waals surface area contributed by atoms with E-state index in [1.807, 2.05) is 11.4 Å². The first-order valence-corrected chi connectivity index (χ1v) is 7.78. The van der Waals surface area contributed by atoms with Gasteiger partial charge in [0.1, 0.15) is 0 Å². The lowest BCUT2D eigenvalue weighted by Crippen LogP contribution is -2.36. The van der Waals surface area contributed by atoms with E-state index in [9.17, 15) is 4.79 Å². The fourth-order valence-corrected chi connectivity index (χ4v) is 3.00. The average Bonchev–Trinajstić information content (AvgIpc) is 3.00. The maximum Gasteiger partial charge on any atom is 0.253 e. The summed E-state index contributed by atoms with van der Waals surface area (Å²) in [5.74, 6) is 5.23. The van der Waals surface area contributed by atoms with Gasteiger partial charge in [-0.25, -0.2) is 0 Å². The van der Waals surface area contributed by atoms with Crippen molar-refractivity contribution in [2.75, 3.05) is 12.0 Å². The molecule has 0 unspecified atom stereocenters. The van der Waals surface area contributed by atoms with E-state index in [1.165, 1.54) is 4.88 Å². The first-order valence-electron chi connectivity index (χ1n) is 6.52. The monoisotopic (exact) mass is 323 g/mol. The molecular formula is C15H18ClN3OS. The number of hydrogen-bond donors (Lipinski definition) is 3. The van der Waals surface area contributed by atoms with Crippen LogP contribution in [-0.4, -0.2) is 12.5 Å². The lowest BCUT2D eigenvalue weighted by Gasteiger charge is -2.24. The molecule has 1 heterocycles. The number of anilines is 1. The Bertz CT molecular complexity index is 626. The Balaban J connectivity index is 2.10. The summed E-state index contributed by atoms with van der Waals surface area (Å²) in [4.78, 5) is 13.6. The number of amides is 1. The van der Waals surface area contributed by atoms with Crippen LogP contribution in [0.4, 0.5) is 5.69 Å². The van der Waals surface area contributed by atoms with Crippen LogP contribution >= 0.6 is 22.9 Å². The lowest BCUT2D eigenvalue weighted by molar-refractivity contribution is 0.0946. The van der Waals surface area contributed by atoms with Gasteiger partial charge < -0.3 is 10.7 Å². The zero-order valence-corrected chi connectivity index (χ0v) is 13.5. The first-order chi connectivity index (χ1) is 9.94. The predicted octanol–water partition coefficient (Wildman–Crippen LogP) is 3.39. The molecule has 6 heteroatoms. The van der Waals surface area contributed by atoms with Gasteiger partial charge in [-0.1, -0.05) is 31.5 Å². The SMILES string of the molecule is CC(C)(CNC(=O)c1cc(Cl)ccc1NN)c1cccs1. The number of benzene rings is 1. The number of halogens is 1. The molecule has 1 amide bonds. The molecule has 0 fully saturated rings. The Morgan fingerprint density at radius 2 is 2.14 bits per heavy atom. The van der Waals surface area contributed by atoms with E-state index in [2.05, 4.69) is 30.7 Å². The van der Waals surface area contributed by atoms with Crippen LogP contribution in [-0.2, 0) is 5.41 Å². The minimum atomic E-state index is -0.199. The average molecular weight is 324 g/mol. The van der Waals surface area contributed by atoms with Crippen molar-refractivity contribution in [3.63, 3.8) is 0 Å². The zero-order chi connectivity index (χ0) is 15.5. The second-order valence-electron chi connectivity index (χ2n) is 5.38. The Kier molecular flexibility index (Phi) is 4.88. The highest BCUT2D eigenvalue weighted by Gasteiger charge is 2.23. The number of nitrogens with two attached hydrogens (primary N) is 1. The summed E-state index contributed by atoms with van der Waals surface area (Å²) < 4.78 is 0. The van der Waals surface area contributed by atoms with Gasteiger partial charge in [-0.15, -0.1) is 11.3 Å². The molecule has 1 aromatic carbocycles. The maximum absolute atomic E-state index is 12.3. The molecule has 4 nitrogen and oxygen atoms in total. The second kappa shape index (κ2) is 6.47. The molecule has 0 spiro atoms. The van der Waals surface area contributed by atoms with E-state index in [-0.39, 0.29) is 11.3 Å². The van der Waals surface area contributed by atoms with E-state index in [0.29, 0.717) is 22.8 Å². The summed E-state index contributed by atoms with van der Waals surface area (Å²) >= 11 is 7.62. The second-order valence-corrected chi connectivity index (χ2v) is 6.76. The van der Waals surface area contributed by atoms with Gasteiger partial charge in [0.05, 0.1) is 11.3 Å². The summed E-state index contributed by atoms with van der Waals surface area (Å²) in [6, 6.07) is 9.05. The largest absolute Gasteiger partial charge is 0.351 e.